The molecule has 14 heteroatoms. The van der Waals surface area contributed by atoms with E-state index in [0.717, 1.165) is 50.7 Å². The second kappa shape index (κ2) is 14.0. The van der Waals surface area contributed by atoms with Crippen molar-refractivity contribution in [1.82, 2.24) is 9.47 Å². The van der Waals surface area contributed by atoms with Crippen molar-refractivity contribution in [3.63, 3.8) is 0 Å². The maximum absolute atomic E-state index is 13.7. The largest absolute Gasteiger partial charge is 0.495 e. The fourth-order valence-electron chi connectivity index (χ4n) is 6.66. The second-order valence-electron chi connectivity index (χ2n) is 12.5. The van der Waals surface area contributed by atoms with Crippen molar-refractivity contribution in [2.24, 2.45) is 0 Å². The Balaban J connectivity index is 1.28. The summed E-state index contributed by atoms with van der Waals surface area (Å²) in [7, 11) is -5.03. The van der Waals surface area contributed by atoms with Crippen LogP contribution in [0.4, 0.5) is 24.5 Å². The van der Waals surface area contributed by atoms with E-state index in [4.69, 9.17) is 4.74 Å². The number of piperidine rings is 1. The molecular weight excluding hydrogens is 654 g/mol. The number of hydrogen-bond donors (Lipinski definition) is 2. The van der Waals surface area contributed by atoms with Crippen LogP contribution in [-0.4, -0.2) is 89.1 Å². The van der Waals surface area contributed by atoms with Gasteiger partial charge in [-0.05, 0) is 87.9 Å². The molecule has 2 aliphatic rings. The van der Waals surface area contributed by atoms with Crippen LogP contribution in [-0.2, 0) is 26.2 Å². The maximum Gasteiger partial charge on any atom is 0.406 e. The number of ether oxygens (including phenoxy) is 1. The lowest BCUT2D eigenvalue weighted by molar-refractivity contribution is -0.140. The van der Waals surface area contributed by atoms with Crippen LogP contribution in [0, 0.1) is 11.8 Å². The molecule has 1 aromatic heterocycles. The van der Waals surface area contributed by atoms with Gasteiger partial charge in [-0.1, -0.05) is 12.0 Å². The number of benzene rings is 2. The molecule has 2 heterocycles. The third kappa shape index (κ3) is 8.74. The number of halogens is 3. The minimum atomic E-state index is -4.45. The highest BCUT2D eigenvalue weighted by Gasteiger charge is 2.33. The number of likely N-dealkylation sites (tertiary alicyclic amines) is 1. The number of alkyl halides is 3. The molecule has 256 valence electrons. The molecule has 1 aliphatic heterocycles. The number of nitrogens with one attached hydrogen (secondary N) is 2. The normalized spacial score (nSPS) is 20.0. The van der Waals surface area contributed by atoms with Gasteiger partial charge in [-0.15, -0.1) is 0 Å². The molecule has 1 saturated heterocycles. The molecular formula is C33H41F3N4O5S2. The lowest BCUT2D eigenvalue weighted by Gasteiger charge is -2.40. The van der Waals surface area contributed by atoms with Gasteiger partial charge in [-0.3, -0.25) is 0 Å². The van der Waals surface area contributed by atoms with E-state index < -0.39 is 32.4 Å². The zero-order valence-corrected chi connectivity index (χ0v) is 28.4. The molecule has 47 heavy (non-hydrogen) atoms. The standard InChI is InChI=1S/C33H41F3N4O5S2/c1-45-32-21-27(47(3,43)44)13-14-30(32)37-17-5-6-25-20-28-29(7-4-8-31(28)40(25)22-33(34,35)36)38-23-9-11-24(12-10-23)39-18-15-26(16-19-39)46(2,41)42/h4,7-8,13-14,20-21,23-24,26,37-38H,9-12,15-19,22H2,1-3H3. The summed E-state index contributed by atoms with van der Waals surface area (Å²) in [6.07, 6.45) is 3.06. The van der Waals surface area contributed by atoms with Gasteiger partial charge >= 0.3 is 6.18 Å². The zero-order valence-electron chi connectivity index (χ0n) is 26.7. The summed E-state index contributed by atoms with van der Waals surface area (Å²) in [6, 6.07) is 12.0. The van der Waals surface area contributed by atoms with Gasteiger partial charge < -0.3 is 24.8 Å². The van der Waals surface area contributed by atoms with Crippen LogP contribution in [0.5, 0.6) is 5.75 Å². The fraction of sp³-hybridized carbons (Fsp3) is 0.515. The maximum atomic E-state index is 13.7. The Morgan fingerprint density at radius 3 is 2.26 bits per heavy atom. The molecule has 2 fully saturated rings. The van der Waals surface area contributed by atoms with Crippen molar-refractivity contribution in [2.45, 2.75) is 73.5 Å². The van der Waals surface area contributed by atoms with Crippen LogP contribution < -0.4 is 15.4 Å². The molecule has 0 radical (unpaired) electrons. The lowest BCUT2D eigenvalue weighted by atomic mass is 9.89. The number of rotatable bonds is 9. The average molecular weight is 695 g/mol. The number of hydrogen-bond acceptors (Lipinski definition) is 8. The summed E-state index contributed by atoms with van der Waals surface area (Å²) in [5.74, 6) is 6.10. The smallest absolute Gasteiger partial charge is 0.406 e. The highest BCUT2D eigenvalue weighted by atomic mass is 32.2. The van der Waals surface area contributed by atoms with Crippen LogP contribution in [0.25, 0.3) is 10.9 Å². The number of sulfone groups is 2. The molecule has 3 aromatic rings. The Bertz CT molecular complexity index is 1860. The minimum absolute atomic E-state index is 0.0857. The summed E-state index contributed by atoms with van der Waals surface area (Å²) in [5.41, 5.74) is 1.93. The first-order chi connectivity index (χ1) is 22.1. The van der Waals surface area contributed by atoms with Crippen molar-refractivity contribution in [1.29, 1.82) is 0 Å². The van der Waals surface area contributed by atoms with E-state index in [1.807, 2.05) is 6.07 Å². The predicted octanol–water partition coefficient (Wildman–Crippen LogP) is 5.31. The summed E-state index contributed by atoms with van der Waals surface area (Å²) in [5, 5.41) is 7.04. The molecule has 0 amide bonds. The van der Waals surface area contributed by atoms with E-state index in [1.54, 1.807) is 24.3 Å². The molecule has 0 atom stereocenters. The summed E-state index contributed by atoms with van der Waals surface area (Å²) >= 11 is 0. The fourth-order valence-corrected chi connectivity index (χ4v) is 8.36. The molecule has 1 saturated carbocycles. The first-order valence-corrected chi connectivity index (χ1v) is 19.5. The van der Waals surface area contributed by atoms with Crippen LogP contribution in [0.3, 0.4) is 0 Å². The second-order valence-corrected chi connectivity index (χ2v) is 16.8. The van der Waals surface area contributed by atoms with Gasteiger partial charge in [-0.25, -0.2) is 16.8 Å². The van der Waals surface area contributed by atoms with Gasteiger partial charge in [0.2, 0.25) is 0 Å². The third-order valence-corrected chi connectivity index (χ3v) is 11.9. The van der Waals surface area contributed by atoms with Crippen molar-refractivity contribution in [3.8, 4) is 17.6 Å². The highest BCUT2D eigenvalue weighted by Crippen LogP contribution is 2.34. The van der Waals surface area contributed by atoms with Crippen LogP contribution >= 0.6 is 0 Å². The predicted molar refractivity (Wildman–Crippen MR) is 179 cm³/mol. The van der Waals surface area contributed by atoms with E-state index in [0.29, 0.717) is 41.2 Å². The first kappa shape index (κ1) is 34.9. The Labute approximate surface area is 274 Å². The Kier molecular flexibility index (Phi) is 10.4. The van der Waals surface area contributed by atoms with E-state index in [1.165, 1.54) is 30.1 Å². The average Bonchev–Trinajstić information content (AvgIpc) is 3.35. The Hall–Kier alpha value is -3.41. The Morgan fingerprint density at radius 2 is 1.64 bits per heavy atom. The van der Waals surface area contributed by atoms with Gasteiger partial charge in [0, 0.05) is 41.7 Å². The van der Waals surface area contributed by atoms with Gasteiger partial charge in [0.25, 0.3) is 0 Å². The van der Waals surface area contributed by atoms with Gasteiger partial charge in [0.15, 0.2) is 9.84 Å². The van der Waals surface area contributed by atoms with Crippen LogP contribution in [0.2, 0.25) is 0 Å². The molecule has 2 N–H and O–H groups in total. The van der Waals surface area contributed by atoms with Crippen molar-refractivity contribution in [3.05, 3.63) is 48.2 Å². The van der Waals surface area contributed by atoms with Crippen molar-refractivity contribution < 1.29 is 34.7 Å². The van der Waals surface area contributed by atoms with Gasteiger partial charge in [0.05, 0.1) is 40.7 Å². The van der Waals surface area contributed by atoms with E-state index in [-0.39, 0.29) is 28.4 Å². The minimum Gasteiger partial charge on any atom is -0.495 e. The molecule has 0 bridgehead atoms. The molecule has 5 rings (SSSR count). The monoisotopic (exact) mass is 694 g/mol. The summed E-state index contributed by atoms with van der Waals surface area (Å²) < 4.78 is 95.2. The van der Waals surface area contributed by atoms with E-state index in [9.17, 15) is 30.0 Å². The number of methoxy groups -OCH3 is 1. The molecule has 0 unspecified atom stereocenters. The third-order valence-electron chi connectivity index (χ3n) is 9.12. The number of aromatic nitrogens is 1. The SMILES string of the molecule is COc1cc(S(C)(=O)=O)ccc1NCC#Cc1cc2c(NC3CCC(N4CCC(S(C)(=O)=O)CC4)CC3)cccc2n1CC(F)(F)F. The number of fused-ring (bicyclic) bond motifs is 1. The zero-order chi connectivity index (χ0) is 34.0. The summed E-state index contributed by atoms with van der Waals surface area (Å²) in [4.78, 5) is 2.52. The highest BCUT2D eigenvalue weighted by molar-refractivity contribution is 7.91. The van der Waals surface area contributed by atoms with Crippen molar-refractivity contribution >= 4 is 42.0 Å². The van der Waals surface area contributed by atoms with Gasteiger partial charge in [-0.2, -0.15) is 13.2 Å². The quantitative estimate of drug-likeness (QED) is 0.290. The molecule has 1 aliphatic carbocycles. The Morgan fingerprint density at radius 1 is 0.936 bits per heavy atom. The number of nitrogens with zero attached hydrogens (tertiary/aromatic N) is 2. The topological polar surface area (TPSA) is 110 Å². The van der Waals surface area contributed by atoms with E-state index >= 15 is 0 Å². The number of anilines is 2. The van der Waals surface area contributed by atoms with Crippen LogP contribution in [0.15, 0.2) is 47.4 Å². The molecule has 2 aromatic carbocycles. The first-order valence-electron chi connectivity index (χ1n) is 15.6. The van der Waals surface area contributed by atoms with E-state index in [2.05, 4.69) is 27.4 Å². The van der Waals surface area contributed by atoms with Crippen molar-refractivity contribution in [2.75, 3.05) is 49.9 Å². The summed E-state index contributed by atoms with van der Waals surface area (Å²) in [6.45, 7) is 0.478. The molecule has 0 spiro atoms. The lowest BCUT2D eigenvalue weighted by Crippen LogP contribution is -2.46. The molecule has 9 nitrogen and oxygen atoms in total. The van der Waals surface area contributed by atoms with Gasteiger partial charge in [0.1, 0.15) is 22.1 Å². The van der Waals surface area contributed by atoms with Crippen LogP contribution in [0.1, 0.15) is 44.2 Å².